The first-order valence-corrected chi connectivity index (χ1v) is 6.79. The van der Waals surface area contributed by atoms with Crippen LogP contribution in [0.4, 0.5) is 0 Å². The molecule has 1 aliphatic rings. The Kier molecular flexibility index (Phi) is 4.17. The number of ether oxygens (including phenoxy) is 1. The Bertz CT molecular complexity index is 180. The molecule has 1 aliphatic heterocycles. The summed E-state index contributed by atoms with van der Waals surface area (Å²) in [6.07, 6.45) is 1.81. The predicted octanol–water partition coefficient (Wildman–Crippen LogP) is 0.849. The summed E-state index contributed by atoms with van der Waals surface area (Å²) < 4.78 is 21.5. The van der Waals surface area contributed by atoms with Crippen molar-refractivity contribution in [1.29, 1.82) is 0 Å². The number of hydrogen-bond acceptors (Lipinski definition) is 3. The van der Waals surface area contributed by atoms with Gasteiger partial charge >= 0.3 is 0 Å². The molecule has 70 valence electrons. The zero-order valence-corrected chi connectivity index (χ0v) is 9.21. The second-order valence-electron chi connectivity index (χ2n) is 3.05. The Morgan fingerprint density at radius 2 is 2.50 bits per heavy atom. The minimum absolute atomic E-state index is 0.0195. The molecule has 1 fully saturated rings. The van der Waals surface area contributed by atoms with Crippen molar-refractivity contribution in [2.24, 2.45) is 0 Å². The van der Waals surface area contributed by atoms with Crippen molar-refractivity contribution in [2.45, 2.75) is 38.0 Å². The van der Waals surface area contributed by atoms with Crippen molar-refractivity contribution in [3.8, 4) is 0 Å². The molecule has 0 saturated carbocycles. The van der Waals surface area contributed by atoms with Gasteiger partial charge in [-0.25, -0.2) is 0 Å². The van der Waals surface area contributed by atoms with Crippen LogP contribution in [0.5, 0.6) is 0 Å². The summed E-state index contributed by atoms with van der Waals surface area (Å²) in [5, 5.41) is 0. The van der Waals surface area contributed by atoms with E-state index >= 15 is 0 Å². The number of thiol groups is 1. The fourth-order valence-corrected chi connectivity index (χ4v) is 2.45. The van der Waals surface area contributed by atoms with Crippen molar-refractivity contribution >= 4 is 27.3 Å². The molecular formula is C6H14BO3PS. The van der Waals surface area contributed by atoms with Gasteiger partial charge in [-0.1, -0.05) is 19.2 Å². The maximum atomic E-state index is 10.7. The van der Waals surface area contributed by atoms with Crippen LogP contribution in [0, 0.1) is 0 Å². The average molecular weight is 208 g/mol. The molecule has 1 rings (SSSR count). The fraction of sp³-hybridized carbons (Fsp3) is 1.00. The molecule has 0 radical (unpaired) electrons. The van der Waals surface area contributed by atoms with E-state index in [0.717, 1.165) is 12.8 Å². The Morgan fingerprint density at radius 3 is 3.00 bits per heavy atom. The maximum Gasteiger partial charge on any atom is 0.243 e. The first-order valence-electron chi connectivity index (χ1n) is 4.18. The topological polar surface area (TPSA) is 35.5 Å². The molecule has 0 aromatic heterocycles. The van der Waals surface area contributed by atoms with E-state index in [4.69, 9.17) is 9.26 Å². The minimum atomic E-state index is -2.12. The van der Waals surface area contributed by atoms with Gasteiger partial charge in [0, 0.05) is 6.00 Å². The Hall–Kier alpha value is 0.565. The van der Waals surface area contributed by atoms with Crippen LogP contribution in [0.25, 0.3) is 0 Å². The monoisotopic (exact) mass is 208 g/mol. The molecule has 0 aliphatic carbocycles. The molecule has 0 aromatic rings. The molecule has 12 heavy (non-hydrogen) atoms. The summed E-state index contributed by atoms with van der Waals surface area (Å²) in [6, 6.07) is 0.217. The molecule has 0 amide bonds. The summed E-state index contributed by atoms with van der Waals surface area (Å²) in [5.41, 5.74) is 0. The van der Waals surface area contributed by atoms with Crippen LogP contribution in [0.1, 0.15) is 19.8 Å². The van der Waals surface area contributed by atoms with Gasteiger partial charge in [-0.2, -0.15) is 0 Å². The number of hydrogen-bond donors (Lipinski definition) is 1. The third-order valence-electron chi connectivity index (χ3n) is 2.04. The van der Waals surface area contributed by atoms with Crippen LogP contribution >= 0.6 is 19.5 Å². The first-order chi connectivity index (χ1) is 5.63. The molecule has 0 aromatic carbocycles. The second kappa shape index (κ2) is 4.70. The molecule has 2 unspecified atom stereocenters. The average Bonchev–Trinajstić information content (AvgIpc) is 2.29. The minimum Gasteiger partial charge on any atom is -0.381 e. The van der Waals surface area contributed by atoms with Gasteiger partial charge in [0.2, 0.25) is 7.23 Å². The quantitative estimate of drug-likeness (QED) is 0.424. The summed E-state index contributed by atoms with van der Waals surface area (Å²) in [4.78, 5) is 0. The van der Waals surface area contributed by atoms with Crippen molar-refractivity contribution in [3.05, 3.63) is 0 Å². The lowest BCUT2D eigenvalue weighted by Crippen LogP contribution is -2.20. The van der Waals surface area contributed by atoms with E-state index in [1.807, 2.05) is 14.8 Å². The molecule has 4 atom stereocenters. The smallest absolute Gasteiger partial charge is 0.243 e. The predicted molar refractivity (Wildman–Crippen MR) is 55.0 cm³/mol. The third kappa shape index (κ3) is 2.80. The highest BCUT2D eigenvalue weighted by atomic mass is 32.7. The van der Waals surface area contributed by atoms with E-state index in [9.17, 15) is 4.57 Å². The van der Waals surface area contributed by atoms with Crippen LogP contribution in [-0.2, 0) is 13.8 Å². The standard InChI is InChI=1S/C6H14BO3PS/c1-2-4-5(10-11(8)12)3-6(7)9-4/h4-6,11H,2-3,7H2,1H3,(H,8,12)/t4-,5?,6-/m1/s1. The highest BCUT2D eigenvalue weighted by Crippen LogP contribution is 2.35. The van der Waals surface area contributed by atoms with E-state index in [1.54, 1.807) is 0 Å². The Labute approximate surface area is 79.6 Å². The molecule has 0 spiro atoms. The Balaban J connectivity index is 2.46. The lowest BCUT2D eigenvalue weighted by Gasteiger charge is -2.15. The molecule has 1 saturated heterocycles. The molecule has 0 N–H and O–H groups in total. The summed E-state index contributed by atoms with van der Waals surface area (Å²) in [5.74, 6) is 0. The van der Waals surface area contributed by atoms with Crippen molar-refractivity contribution in [1.82, 2.24) is 0 Å². The van der Waals surface area contributed by atoms with Crippen molar-refractivity contribution < 1.29 is 13.8 Å². The molecule has 6 heteroatoms. The van der Waals surface area contributed by atoms with Gasteiger partial charge < -0.3 is 9.26 Å². The molecular weight excluding hydrogens is 194 g/mol. The SMILES string of the molecule is B[C@H]1CC(O[PH](=O)S)[C@@H](CC)O1. The largest absolute Gasteiger partial charge is 0.381 e. The van der Waals surface area contributed by atoms with Gasteiger partial charge in [0.05, 0.1) is 12.2 Å². The zero-order chi connectivity index (χ0) is 9.14. The highest BCUT2D eigenvalue weighted by molar-refractivity contribution is 8.39. The third-order valence-corrected chi connectivity index (χ3v) is 2.86. The van der Waals surface area contributed by atoms with E-state index in [-0.39, 0.29) is 18.2 Å². The van der Waals surface area contributed by atoms with Crippen LogP contribution in [0.15, 0.2) is 0 Å². The summed E-state index contributed by atoms with van der Waals surface area (Å²) in [7, 11) is -0.117. The first kappa shape index (κ1) is 10.6. The highest BCUT2D eigenvalue weighted by Gasteiger charge is 2.32. The van der Waals surface area contributed by atoms with Gasteiger partial charge in [-0.05, 0) is 12.8 Å². The van der Waals surface area contributed by atoms with E-state index < -0.39 is 7.23 Å². The van der Waals surface area contributed by atoms with Gasteiger partial charge in [0.1, 0.15) is 7.85 Å². The van der Waals surface area contributed by atoms with Crippen molar-refractivity contribution in [3.63, 3.8) is 0 Å². The van der Waals surface area contributed by atoms with Gasteiger partial charge in [-0.15, -0.1) is 0 Å². The van der Waals surface area contributed by atoms with Crippen LogP contribution < -0.4 is 0 Å². The summed E-state index contributed by atoms with van der Waals surface area (Å²) in [6.45, 7) is 2.04. The van der Waals surface area contributed by atoms with Crippen molar-refractivity contribution in [2.75, 3.05) is 0 Å². The maximum absolute atomic E-state index is 10.7. The molecule has 0 bridgehead atoms. The van der Waals surface area contributed by atoms with Crippen LogP contribution in [0.2, 0.25) is 0 Å². The van der Waals surface area contributed by atoms with E-state index in [1.165, 1.54) is 0 Å². The zero-order valence-electron chi connectivity index (χ0n) is 7.32. The normalized spacial score (nSPS) is 38.3. The summed E-state index contributed by atoms with van der Waals surface area (Å²) >= 11 is 3.75. The lowest BCUT2D eigenvalue weighted by molar-refractivity contribution is 0.0438. The molecule has 3 nitrogen and oxygen atoms in total. The second-order valence-corrected chi connectivity index (χ2v) is 4.91. The van der Waals surface area contributed by atoms with Crippen LogP contribution in [-0.4, -0.2) is 26.1 Å². The van der Waals surface area contributed by atoms with Gasteiger partial charge in [0.25, 0.3) is 0 Å². The Morgan fingerprint density at radius 1 is 1.83 bits per heavy atom. The van der Waals surface area contributed by atoms with Gasteiger partial charge in [0.15, 0.2) is 0 Å². The van der Waals surface area contributed by atoms with E-state index in [2.05, 4.69) is 12.2 Å². The molecule has 1 heterocycles. The van der Waals surface area contributed by atoms with Crippen LogP contribution in [0.3, 0.4) is 0 Å². The van der Waals surface area contributed by atoms with E-state index in [0.29, 0.717) is 0 Å². The number of rotatable bonds is 3. The fourth-order valence-electron chi connectivity index (χ4n) is 1.53. The van der Waals surface area contributed by atoms with Gasteiger partial charge in [-0.3, -0.25) is 4.57 Å². The lowest BCUT2D eigenvalue weighted by atomic mass is 9.96.